The molecule has 0 fully saturated rings. The van der Waals surface area contributed by atoms with Crippen molar-refractivity contribution in [3.8, 4) is 0 Å². The summed E-state index contributed by atoms with van der Waals surface area (Å²) in [5.41, 5.74) is 5.64. The number of thiophene rings is 1. The van der Waals surface area contributed by atoms with Crippen molar-refractivity contribution in [3.05, 3.63) is 21.9 Å². The van der Waals surface area contributed by atoms with Crippen LogP contribution in [0.1, 0.15) is 16.7 Å². The third-order valence-corrected chi connectivity index (χ3v) is 2.34. The summed E-state index contributed by atoms with van der Waals surface area (Å²) in [7, 11) is 0. The molecule has 56 valence electrons. The van der Waals surface area contributed by atoms with Crippen LogP contribution >= 0.6 is 11.3 Å². The first-order valence-corrected chi connectivity index (χ1v) is 4.31. The standard InChI is InChI=1S/C8H13NS/c1-6(9)5-8-4-3-7(2)10-8/h3-4,6H,5,9H2,1-2H3/t6-/m1/s1. The van der Waals surface area contributed by atoms with Crippen molar-refractivity contribution in [1.29, 1.82) is 0 Å². The molecule has 0 aliphatic carbocycles. The van der Waals surface area contributed by atoms with Crippen LogP contribution in [0.3, 0.4) is 0 Å². The van der Waals surface area contributed by atoms with Crippen molar-refractivity contribution in [1.82, 2.24) is 0 Å². The Labute approximate surface area is 65.9 Å². The third-order valence-electron chi connectivity index (χ3n) is 1.32. The predicted octanol–water partition coefficient (Wildman–Crippen LogP) is 1.95. The Morgan fingerprint density at radius 1 is 1.60 bits per heavy atom. The molecule has 1 nitrogen and oxygen atoms in total. The van der Waals surface area contributed by atoms with Crippen molar-refractivity contribution in [2.45, 2.75) is 26.3 Å². The van der Waals surface area contributed by atoms with E-state index in [1.807, 2.05) is 18.3 Å². The van der Waals surface area contributed by atoms with Crippen LogP contribution in [0.25, 0.3) is 0 Å². The number of hydrogen-bond acceptors (Lipinski definition) is 2. The normalized spacial score (nSPS) is 13.5. The van der Waals surface area contributed by atoms with Crippen LogP contribution in [0.2, 0.25) is 0 Å². The molecule has 2 N–H and O–H groups in total. The highest BCUT2D eigenvalue weighted by Crippen LogP contribution is 2.15. The minimum atomic E-state index is 0.290. The van der Waals surface area contributed by atoms with Crippen molar-refractivity contribution in [2.24, 2.45) is 5.73 Å². The predicted molar refractivity (Wildman–Crippen MR) is 46.4 cm³/mol. The van der Waals surface area contributed by atoms with E-state index in [1.54, 1.807) is 0 Å². The lowest BCUT2D eigenvalue weighted by Gasteiger charge is -1.99. The van der Waals surface area contributed by atoms with Gasteiger partial charge < -0.3 is 5.73 Å². The molecular formula is C8H13NS. The van der Waals surface area contributed by atoms with Gasteiger partial charge in [0.2, 0.25) is 0 Å². The third kappa shape index (κ3) is 2.12. The lowest BCUT2D eigenvalue weighted by Crippen LogP contribution is -2.16. The van der Waals surface area contributed by atoms with Crippen LogP contribution in [-0.4, -0.2) is 6.04 Å². The van der Waals surface area contributed by atoms with Crippen LogP contribution in [0.5, 0.6) is 0 Å². The van der Waals surface area contributed by atoms with Crippen molar-refractivity contribution in [2.75, 3.05) is 0 Å². The molecule has 0 aromatic carbocycles. The molecule has 0 spiro atoms. The summed E-state index contributed by atoms with van der Waals surface area (Å²) in [4.78, 5) is 2.77. The van der Waals surface area contributed by atoms with Gasteiger partial charge in [-0.25, -0.2) is 0 Å². The minimum Gasteiger partial charge on any atom is -0.328 e. The lowest BCUT2D eigenvalue weighted by molar-refractivity contribution is 0.746. The second-order valence-corrected chi connectivity index (χ2v) is 4.07. The minimum absolute atomic E-state index is 0.290. The fraction of sp³-hybridized carbons (Fsp3) is 0.500. The summed E-state index contributed by atoms with van der Waals surface area (Å²) >= 11 is 1.84. The van der Waals surface area contributed by atoms with Gasteiger partial charge in [-0.15, -0.1) is 11.3 Å². The number of aryl methyl sites for hydroxylation is 1. The van der Waals surface area contributed by atoms with E-state index in [0.717, 1.165) is 6.42 Å². The Kier molecular flexibility index (Phi) is 2.46. The Bertz CT molecular complexity index is 203. The van der Waals surface area contributed by atoms with Crippen LogP contribution in [0.15, 0.2) is 12.1 Å². The molecule has 1 rings (SSSR count). The zero-order chi connectivity index (χ0) is 7.56. The Hall–Kier alpha value is -0.340. The monoisotopic (exact) mass is 155 g/mol. The molecule has 1 aromatic rings. The second-order valence-electron chi connectivity index (χ2n) is 2.69. The summed E-state index contributed by atoms with van der Waals surface area (Å²) in [6.07, 6.45) is 1.01. The summed E-state index contributed by atoms with van der Waals surface area (Å²) in [6, 6.07) is 4.59. The fourth-order valence-electron chi connectivity index (χ4n) is 0.912. The molecule has 1 atom stereocenters. The number of hydrogen-bond donors (Lipinski definition) is 1. The van der Waals surface area contributed by atoms with Gasteiger partial charge in [0.25, 0.3) is 0 Å². The molecule has 0 saturated heterocycles. The molecule has 0 radical (unpaired) electrons. The molecule has 0 saturated carbocycles. The average Bonchev–Trinajstić information content (AvgIpc) is 2.13. The first-order valence-electron chi connectivity index (χ1n) is 3.49. The zero-order valence-corrected chi connectivity index (χ0v) is 7.24. The van der Waals surface area contributed by atoms with Gasteiger partial charge in [0, 0.05) is 15.8 Å². The maximum Gasteiger partial charge on any atom is 0.00633 e. The van der Waals surface area contributed by atoms with E-state index in [0.29, 0.717) is 0 Å². The van der Waals surface area contributed by atoms with Gasteiger partial charge in [-0.2, -0.15) is 0 Å². The Morgan fingerprint density at radius 3 is 2.70 bits per heavy atom. The van der Waals surface area contributed by atoms with Gasteiger partial charge in [-0.05, 0) is 32.4 Å². The highest BCUT2D eigenvalue weighted by molar-refractivity contribution is 7.11. The summed E-state index contributed by atoms with van der Waals surface area (Å²) < 4.78 is 0. The molecule has 10 heavy (non-hydrogen) atoms. The summed E-state index contributed by atoms with van der Waals surface area (Å²) in [6.45, 7) is 4.16. The molecule has 1 aromatic heterocycles. The summed E-state index contributed by atoms with van der Waals surface area (Å²) in [5.74, 6) is 0. The quantitative estimate of drug-likeness (QED) is 0.694. The van der Waals surface area contributed by atoms with E-state index >= 15 is 0 Å². The first kappa shape index (κ1) is 7.76. The van der Waals surface area contributed by atoms with Gasteiger partial charge in [-0.3, -0.25) is 0 Å². The Balaban J connectivity index is 2.58. The molecular weight excluding hydrogens is 142 g/mol. The van der Waals surface area contributed by atoms with Gasteiger partial charge in [0.05, 0.1) is 0 Å². The van der Waals surface area contributed by atoms with Gasteiger partial charge in [-0.1, -0.05) is 0 Å². The van der Waals surface area contributed by atoms with Crippen molar-refractivity contribution >= 4 is 11.3 Å². The van der Waals surface area contributed by atoms with Crippen molar-refractivity contribution < 1.29 is 0 Å². The van der Waals surface area contributed by atoms with Crippen LogP contribution in [-0.2, 0) is 6.42 Å². The molecule has 2 heteroatoms. The fourth-order valence-corrected chi connectivity index (χ4v) is 1.94. The van der Waals surface area contributed by atoms with E-state index in [1.165, 1.54) is 9.75 Å². The SMILES string of the molecule is Cc1ccc(C[C@@H](C)N)s1. The molecule has 0 aliphatic heterocycles. The largest absolute Gasteiger partial charge is 0.328 e. The maximum absolute atomic E-state index is 5.64. The van der Waals surface area contributed by atoms with Crippen molar-refractivity contribution in [3.63, 3.8) is 0 Å². The van der Waals surface area contributed by atoms with E-state index in [2.05, 4.69) is 19.1 Å². The van der Waals surface area contributed by atoms with E-state index in [-0.39, 0.29) is 6.04 Å². The lowest BCUT2D eigenvalue weighted by atomic mass is 10.2. The second kappa shape index (κ2) is 3.17. The maximum atomic E-state index is 5.64. The zero-order valence-electron chi connectivity index (χ0n) is 6.42. The van der Waals surface area contributed by atoms with Crippen LogP contribution in [0, 0.1) is 6.92 Å². The molecule has 0 unspecified atom stereocenters. The summed E-state index contributed by atoms with van der Waals surface area (Å²) in [5, 5.41) is 0. The number of nitrogens with two attached hydrogens (primary N) is 1. The first-order chi connectivity index (χ1) is 4.68. The average molecular weight is 155 g/mol. The molecule has 1 heterocycles. The van der Waals surface area contributed by atoms with Crippen LogP contribution in [0.4, 0.5) is 0 Å². The highest BCUT2D eigenvalue weighted by Gasteiger charge is 1.98. The van der Waals surface area contributed by atoms with E-state index in [9.17, 15) is 0 Å². The topological polar surface area (TPSA) is 26.0 Å². The molecule has 0 amide bonds. The van der Waals surface area contributed by atoms with Gasteiger partial charge in [0.15, 0.2) is 0 Å². The molecule has 0 bridgehead atoms. The Morgan fingerprint density at radius 2 is 2.30 bits per heavy atom. The number of rotatable bonds is 2. The smallest absolute Gasteiger partial charge is 0.00633 e. The van der Waals surface area contributed by atoms with Gasteiger partial charge in [0.1, 0.15) is 0 Å². The highest BCUT2D eigenvalue weighted by atomic mass is 32.1. The molecule has 0 aliphatic rings. The van der Waals surface area contributed by atoms with Crippen LogP contribution < -0.4 is 5.73 Å². The van der Waals surface area contributed by atoms with Gasteiger partial charge >= 0.3 is 0 Å². The van der Waals surface area contributed by atoms with E-state index in [4.69, 9.17) is 5.73 Å². The van der Waals surface area contributed by atoms with E-state index < -0.39 is 0 Å².